The van der Waals surface area contributed by atoms with Crippen LogP contribution in [0.25, 0.3) is 0 Å². The molecule has 2 fully saturated rings. The van der Waals surface area contributed by atoms with Gasteiger partial charge < -0.3 is 20.6 Å². The van der Waals surface area contributed by atoms with Crippen molar-refractivity contribution in [1.29, 1.82) is 0 Å². The van der Waals surface area contributed by atoms with Crippen LogP contribution in [0.3, 0.4) is 0 Å². The van der Waals surface area contributed by atoms with Gasteiger partial charge in [-0.2, -0.15) is 0 Å². The minimum atomic E-state index is -0.579. The average molecular weight is 466 g/mol. The second-order valence-electron chi connectivity index (χ2n) is 7.59. The number of likely N-dealkylation sites (tertiary alicyclic amines) is 1. The van der Waals surface area contributed by atoms with Gasteiger partial charge in [-0.3, -0.25) is 4.99 Å². The molecule has 2 rings (SSSR count). The number of piperidine rings is 1. The highest BCUT2D eigenvalue weighted by Crippen LogP contribution is 2.28. The summed E-state index contributed by atoms with van der Waals surface area (Å²) in [7, 11) is 0. The van der Waals surface area contributed by atoms with E-state index < -0.39 is 5.60 Å². The SMILES string of the molecule is CCCCN1CCC(NC(=NCC2(O)CCCCC2)NCC)CC1.I. The monoisotopic (exact) mass is 466 g/mol. The highest BCUT2D eigenvalue weighted by atomic mass is 127. The Morgan fingerprint density at radius 2 is 1.84 bits per heavy atom. The van der Waals surface area contributed by atoms with Crippen LogP contribution in [-0.4, -0.2) is 60.3 Å². The van der Waals surface area contributed by atoms with Crippen molar-refractivity contribution in [2.45, 2.75) is 83.3 Å². The van der Waals surface area contributed by atoms with Crippen molar-refractivity contribution in [3.63, 3.8) is 0 Å². The molecule has 0 radical (unpaired) electrons. The minimum absolute atomic E-state index is 0. The number of halogens is 1. The lowest BCUT2D eigenvalue weighted by Gasteiger charge is -2.33. The molecular weight excluding hydrogens is 427 g/mol. The van der Waals surface area contributed by atoms with Crippen LogP contribution in [0.2, 0.25) is 0 Å². The Hall–Kier alpha value is -0.0800. The first kappa shape index (κ1) is 23.0. The van der Waals surface area contributed by atoms with Crippen LogP contribution in [0.4, 0.5) is 0 Å². The number of unbranched alkanes of at least 4 members (excludes halogenated alkanes) is 1. The quantitative estimate of drug-likeness (QED) is 0.307. The third-order valence-electron chi connectivity index (χ3n) is 5.42. The van der Waals surface area contributed by atoms with Gasteiger partial charge in [0.25, 0.3) is 0 Å². The molecule has 0 unspecified atom stereocenters. The van der Waals surface area contributed by atoms with E-state index in [4.69, 9.17) is 4.99 Å². The zero-order valence-corrected chi connectivity index (χ0v) is 18.6. The summed E-state index contributed by atoms with van der Waals surface area (Å²) < 4.78 is 0. The van der Waals surface area contributed by atoms with Gasteiger partial charge in [0.2, 0.25) is 0 Å². The van der Waals surface area contributed by atoms with Crippen molar-refractivity contribution >= 4 is 29.9 Å². The fourth-order valence-corrected chi connectivity index (χ4v) is 3.79. The van der Waals surface area contributed by atoms with E-state index in [0.29, 0.717) is 12.6 Å². The molecule has 1 aliphatic heterocycles. The Morgan fingerprint density at radius 3 is 2.44 bits per heavy atom. The van der Waals surface area contributed by atoms with Crippen molar-refractivity contribution in [3.05, 3.63) is 0 Å². The Balaban J connectivity index is 0.00000312. The number of aliphatic imine (C=N–C) groups is 1. The third kappa shape index (κ3) is 8.43. The molecule has 148 valence electrons. The summed E-state index contributed by atoms with van der Waals surface area (Å²) in [6.45, 7) is 9.34. The smallest absolute Gasteiger partial charge is 0.191 e. The molecule has 0 spiro atoms. The van der Waals surface area contributed by atoms with Crippen molar-refractivity contribution in [3.8, 4) is 0 Å². The van der Waals surface area contributed by atoms with Crippen LogP contribution >= 0.6 is 24.0 Å². The third-order valence-corrected chi connectivity index (χ3v) is 5.42. The highest BCUT2D eigenvalue weighted by molar-refractivity contribution is 14.0. The van der Waals surface area contributed by atoms with Crippen LogP contribution in [0.5, 0.6) is 0 Å². The van der Waals surface area contributed by atoms with Crippen LogP contribution in [0.15, 0.2) is 4.99 Å². The van der Waals surface area contributed by atoms with Gasteiger partial charge in [-0.05, 0) is 45.6 Å². The second-order valence-corrected chi connectivity index (χ2v) is 7.59. The Morgan fingerprint density at radius 1 is 1.16 bits per heavy atom. The Kier molecular flexibility index (Phi) is 11.3. The minimum Gasteiger partial charge on any atom is -0.388 e. The van der Waals surface area contributed by atoms with E-state index >= 15 is 0 Å². The second kappa shape index (κ2) is 12.3. The first-order valence-electron chi connectivity index (χ1n) is 10.1. The first-order valence-corrected chi connectivity index (χ1v) is 10.1. The molecule has 0 aromatic heterocycles. The number of hydrogen-bond acceptors (Lipinski definition) is 3. The van der Waals surface area contributed by atoms with E-state index in [1.165, 1.54) is 51.7 Å². The molecule has 1 aliphatic carbocycles. The Labute approximate surface area is 171 Å². The summed E-state index contributed by atoms with van der Waals surface area (Å²) in [5.41, 5.74) is -0.579. The van der Waals surface area contributed by atoms with E-state index in [1.54, 1.807) is 0 Å². The van der Waals surface area contributed by atoms with Crippen molar-refractivity contribution < 1.29 is 5.11 Å². The molecule has 0 aromatic rings. The number of guanidine groups is 1. The summed E-state index contributed by atoms with van der Waals surface area (Å²) in [6, 6.07) is 0.502. The van der Waals surface area contributed by atoms with Gasteiger partial charge in [-0.15, -0.1) is 24.0 Å². The number of nitrogens with one attached hydrogen (secondary N) is 2. The standard InChI is InChI=1S/C19H38N4O.HI/c1-3-5-13-23-14-9-17(10-15-23)22-18(20-4-2)21-16-19(24)11-7-6-8-12-19;/h17,24H,3-16H2,1-2H3,(H2,20,21,22);1H. The molecule has 1 saturated carbocycles. The predicted octanol–water partition coefficient (Wildman–Crippen LogP) is 3.12. The van der Waals surface area contributed by atoms with Gasteiger partial charge in [-0.25, -0.2) is 0 Å². The zero-order chi connectivity index (χ0) is 17.3. The molecular formula is C19H39IN4O. The molecule has 1 saturated heterocycles. The predicted molar refractivity (Wildman–Crippen MR) is 117 cm³/mol. The molecule has 25 heavy (non-hydrogen) atoms. The van der Waals surface area contributed by atoms with Gasteiger partial charge in [0, 0.05) is 25.7 Å². The van der Waals surface area contributed by atoms with E-state index in [9.17, 15) is 5.11 Å². The molecule has 0 bridgehead atoms. The van der Waals surface area contributed by atoms with Crippen LogP contribution < -0.4 is 10.6 Å². The fraction of sp³-hybridized carbons (Fsp3) is 0.947. The number of rotatable bonds is 7. The van der Waals surface area contributed by atoms with Crippen molar-refractivity contribution in [1.82, 2.24) is 15.5 Å². The lowest BCUT2D eigenvalue weighted by Crippen LogP contribution is -2.49. The summed E-state index contributed by atoms with van der Waals surface area (Å²) in [5, 5.41) is 17.6. The number of aliphatic hydroxyl groups is 1. The van der Waals surface area contributed by atoms with Crippen molar-refractivity contribution in [2.24, 2.45) is 4.99 Å². The van der Waals surface area contributed by atoms with E-state index in [0.717, 1.165) is 38.2 Å². The summed E-state index contributed by atoms with van der Waals surface area (Å²) in [4.78, 5) is 7.28. The lowest BCUT2D eigenvalue weighted by molar-refractivity contribution is 0.0131. The lowest BCUT2D eigenvalue weighted by atomic mass is 9.85. The summed E-state index contributed by atoms with van der Waals surface area (Å²) >= 11 is 0. The summed E-state index contributed by atoms with van der Waals surface area (Å²) in [5.74, 6) is 0.878. The number of hydrogen-bond donors (Lipinski definition) is 3. The maximum absolute atomic E-state index is 10.6. The van der Waals surface area contributed by atoms with E-state index in [1.807, 2.05) is 0 Å². The molecule has 1 heterocycles. The largest absolute Gasteiger partial charge is 0.388 e. The van der Waals surface area contributed by atoms with Gasteiger partial charge >= 0.3 is 0 Å². The molecule has 3 N–H and O–H groups in total. The fourth-order valence-electron chi connectivity index (χ4n) is 3.79. The molecule has 0 aromatic carbocycles. The molecule has 0 atom stereocenters. The van der Waals surface area contributed by atoms with Gasteiger partial charge in [0.05, 0.1) is 12.1 Å². The zero-order valence-electron chi connectivity index (χ0n) is 16.2. The summed E-state index contributed by atoms with van der Waals surface area (Å²) in [6.07, 6.45) is 10.2. The molecule has 0 amide bonds. The Bertz CT molecular complexity index is 378. The number of nitrogens with zero attached hydrogens (tertiary/aromatic N) is 2. The van der Waals surface area contributed by atoms with E-state index in [2.05, 4.69) is 29.4 Å². The normalized spacial score (nSPS) is 22.3. The van der Waals surface area contributed by atoms with Crippen LogP contribution in [-0.2, 0) is 0 Å². The van der Waals surface area contributed by atoms with Gasteiger partial charge in [0.15, 0.2) is 5.96 Å². The van der Waals surface area contributed by atoms with Gasteiger partial charge in [-0.1, -0.05) is 32.6 Å². The van der Waals surface area contributed by atoms with Crippen LogP contribution in [0.1, 0.15) is 71.6 Å². The first-order chi connectivity index (χ1) is 11.6. The van der Waals surface area contributed by atoms with Crippen molar-refractivity contribution in [2.75, 3.05) is 32.7 Å². The van der Waals surface area contributed by atoms with E-state index in [-0.39, 0.29) is 24.0 Å². The average Bonchev–Trinajstić information content (AvgIpc) is 2.60. The topological polar surface area (TPSA) is 59.9 Å². The molecule has 2 aliphatic rings. The molecule has 5 nitrogen and oxygen atoms in total. The maximum atomic E-state index is 10.6. The van der Waals surface area contributed by atoms with Gasteiger partial charge in [0.1, 0.15) is 0 Å². The molecule has 6 heteroatoms. The highest BCUT2D eigenvalue weighted by Gasteiger charge is 2.29. The van der Waals surface area contributed by atoms with Crippen LogP contribution in [0, 0.1) is 0 Å². The maximum Gasteiger partial charge on any atom is 0.191 e.